The van der Waals surface area contributed by atoms with Crippen LogP contribution in [0.4, 0.5) is 5.95 Å². The van der Waals surface area contributed by atoms with Crippen molar-refractivity contribution in [3.05, 3.63) is 18.0 Å². The molecule has 2 heterocycles. The highest BCUT2D eigenvalue weighted by Gasteiger charge is 2.23. The van der Waals surface area contributed by atoms with Crippen molar-refractivity contribution >= 4 is 11.8 Å². The highest BCUT2D eigenvalue weighted by molar-refractivity contribution is 5.80. The van der Waals surface area contributed by atoms with Crippen LogP contribution in [-0.2, 0) is 0 Å². The molecule has 1 aromatic rings. The monoisotopic (exact) mass is 219 g/mol. The third-order valence-corrected chi connectivity index (χ3v) is 2.93. The lowest BCUT2D eigenvalue weighted by Gasteiger charge is -2.32. The van der Waals surface area contributed by atoms with E-state index in [-0.39, 0.29) is 11.8 Å². The fraction of sp³-hybridized carbons (Fsp3) is 0.545. The third-order valence-electron chi connectivity index (χ3n) is 2.93. The number of amidine groups is 1. The molecule has 1 saturated heterocycles. The molecule has 2 rings (SSSR count). The van der Waals surface area contributed by atoms with Gasteiger partial charge in [0.15, 0.2) is 0 Å². The fourth-order valence-electron chi connectivity index (χ4n) is 2.00. The van der Waals surface area contributed by atoms with Crippen LogP contribution < -0.4 is 10.6 Å². The van der Waals surface area contributed by atoms with Crippen LogP contribution in [0.5, 0.6) is 0 Å². The lowest BCUT2D eigenvalue weighted by Crippen LogP contribution is -2.41. The number of hydrogen-bond donors (Lipinski definition) is 2. The minimum Gasteiger partial charge on any atom is -0.387 e. The molecule has 16 heavy (non-hydrogen) atoms. The molecule has 1 atom stereocenters. The number of nitrogens with one attached hydrogen (secondary N) is 1. The van der Waals surface area contributed by atoms with Crippen LogP contribution in [0.3, 0.4) is 0 Å². The van der Waals surface area contributed by atoms with E-state index in [0.29, 0.717) is 0 Å². The second-order valence-corrected chi connectivity index (χ2v) is 4.24. The number of rotatable bonds is 2. The van der Waals surface area contributed by atoms with Gasteiger partial charge in [-0.3, -0.25) is 5.41 Å². The van der Waals surface area contributed by atoms with Gasteiger partial charge in [0, 0.05) is 30.9 Å². The van der Waals surface area contributed by atoms with Gasteiger partial charge in [-0.15, -0.1) is 0 Å². The molecule has 0 saturated carbocycles. The van der Waals surface area contributed by atoms with E-state index in [1.54, 1.807) is 6.20 Å². The van der Waals surface area contributed by atoms with Crippen molar-refractivity contribution in [3.8, 4) is 0 Å². The van der Waals surface area contributed by atoms with Crippen molar-refractivity contribution in [1.29, 1.82) is 5.41 Å². The van der Waals surface area contributed by atoms with Crippen LogP contribution in [0.2, 0.25) is 0 Å². The summed E-state index contributed by atoms with van der Waals surface area (Å²) < 4.78 is 0. The van der Waals surface area contributed by atoms with Crippen LogP contribution in [-0.4, -0.2) is 28.9 Å². The molecule has 0 radical (unpaired) electrons. The Balaban J connectivity index is 2.12. The Morgan fingerprint density at radius 2 is 2.44 bits per heavy atom. The van der Waals surface area contributed by atoms with Crippen LogP contribution in [0.25, 0.3) is 0 Å². The Bertz CT molecular complexity index is 390. The van der Waals surface area contributed by atoms with E-state index in [1.165, 1.54) is 0 Å². The summed E-state index contributed by atoms with van der Waals surface area (Å²) in [5.41, 5.74) is 6.52. The zero-order valence-corrected chi connectivity index (χ0v) is 9.48. The van der Waals surface area contributed by atoms with Crippen molar-refractivity contribution in [1.82, 2.24) is 9.97 Å². The molecule has 1 unspecified atom stereocenters. The molecule has 3 N–H and O–H groups in total. The number of aryl methyl sites for hydroxylation is 1. The predicted octanol–water partition coefficient (Wildman–Crippen LogP) is 0.937. The first kappa shape index (κ1) is 10.9. The van der Waals surface area contributed by atoms with Gasteiger partial charge in [0.1, 0.15) is 0 Å². The van der Waals surface area contributed by atoms with E-state index in [4.69, 9.17) is 11.1 Å². The van der Waals surface area contributed by atoms with E-state index in [9.17, 15) is 0 Å². The largest absolute Gasteiger partial charge is 0.387 e. The van der Waals surface area contributed by atoms with E-state index in [0.717, 1.165) is 37.6 Å². The minimum atomic E-state index is 0.151. The van der Waals surface area contributed by atoms with Crippen molar-refractivity contribution in [2.24, 2.45) is 11.7 Å². The van der Waals surface area contributed by atoms with Gasteiger partial charge in [0.25, 0.3) is 0 Å². The molecule has 0 spiro atoms. The van der Waals surface area contributed by atoms with Crippen LogP contribution >= 0.6 is 0 Å². The number of piperidine rings is 1. The molecule has 0 bridgehead atoms. The molecular weight excluding hydrogens is 202 g/mol. The number of aromatic nitrogens is 2. The van der Waals surface area contributed by atoms with Gasteiger partial charge >= 0.3 is 0 Å². The number of hydrogen-bond acceptors (Lipinski definition) is 4. The Labute approximate surface area is 95.2 Å². The Morgan fingerprint density at radius 1 is 1.62 bits per heavy atom. The predicted molar refractivity (Wildman–Crippen MR) is 63.6 cm³/mol. The first-order valence-corrected chi connectivity index (χ1v) is 5.55. The van der Waals surface area contributed by atoms with Crippen LogP contribution in [0.1, 0.15) is 18.5 Å². The highest BCUT2D eigenvalue weighted by atomic mass is 15.3. The Hall–Kier alpha value is -1.65. The summed E-state index contributed by atoms with van der Waals surface area (Å²) in [6, 6.07) is 1.88. The van der Waals surface area contributed by atoms with Gasteiger partial charge in [-0.25, -0.2) is 9.97 Å². The molecule has 0 aromatic carbocycles. The maximum Gasteiger partial charge on any atom is 0.225 e. The molecule has 1 aliphatic rings. The quantitative estimate of drug-likeness (QED) is 0.573. The maximum atomic E-state index is 7.49. The summed E-state index contributed by atoms with van der Waals surface area (Å²) in [4.78, 5) is 10.8. The van der Waals surface area contributed by atoms with Gasteiger partial charge < -0.3 is 10.6 Å². The van der Waals surface area contributed by atoms with Crippen molar-refractivity contribution in [3.63, 3.8) is 0 Å². The lowest BCUT2D eigenvalue weighted by molar-refractivity contribution is 0.496. The second-order valence-electron chi connectivity index (χ2n) is 4.24. The van der Waals surface area contributed by atoms with Gasteiger partial charge in [0.2, 0.25) is 5.95 Å². The van der Waals surface area contributed by atoms with Crippen LogP contribution in [0, 0.1) is 18.3 Å². The summed E-state index contributed by atoms with van der Waals surface area (Å²) >= 11 is 0. The molecular formula is C11H17N5. The van der Waals surface area contributed by atoms with E-state index in [2.05, 4.69) is 14.9 Å². The molecule has 86 valence electrons. The molecule has 1 fully saturated rings. The van der Waals surface area contributed by atoms with Gasteiger partial charge in [-0.1, -0.05) is 0 Å². The van der Waals surface area contributed by atoms with E-state index >= 15 is 0 Å². The van der Waals surface area contributed by atoms with E-state index < -0.39 is 0 Å². The van der Waals surface area contributed by atoms with Crippen molar-refractivity contribution < 1.29 is 0 Å². The lowest BCUT2D eigenvalue weighted by atomic mass is 9.97. The molecule has 0 aliphatic carbocycles. The SMILES string of the molecule is Cc1ccnc(N2CCCC(C(=N)N)C2)n1. The average Bonchev–Trinajstić information content (AvgIpc) is 2.29. The summed E-state index contributed by atoms with van der Waals surface area (Å²) in [5.74, 6) is 1.18. The van der Waals surface area contributed by atoms with Crippen molar-refractivity contribution in [2.45, 2.75) is 19.8 Å². The number of nitrogens with two attached hydrogens (primary N) is 1. The number of anilines is 1. The second kappa shape index (κ2) is 4.47. The zero-order chi connectivity index (χ0) is 11.5. The zero-order valence-electron chi connectivity index (χ0n) is 9.48. The Morgan fingerprint density at radius 3 is 3.12 bits per heavy atom. The molecule has 1 aromatic heterocycles. The fourth-order valence-corrected chi connectivity index (χ4v) is 2.00. The van der Waals surface area contributed by atoms with E-state index in [1.807, 2.05) is 13.0 Å². The first-order valence-electron chi connectivity index (χ1n) is 5.55. The first-order chi connectivity index (χ1) is 7.66. The topological polar surface area (TPSA) is 78.9 Å². The molecule has 5 nitrogen and oxygen atoms in total. The molecule has 0 amide bonds. The third kappa shape index (κ3) is 2.29. The van der Waals surface area contributed by atoms with Gasteiger partial charge in [-0.2, -0.15) is 0 Å². The summed E-state index contributed by atoms with van der Waals surface area (Å²) in [5, 5.41) is 7.49. The van der Waals surface area contributed by atoms with Crippen molar-refractivity contribution in [2.75, 3.05) is 18.0 Å². The highest BCUT2D eigenvalue weighted by Crippen LogP contribution is 2.19. The summed E-state index contributed by atoms with van der Waals surface area (Å²) in [7, 11) is 0. The summed E-state index contributed by atoms with van der Waals surface area (Å²) in [6.45, 7) is 3.67. The van der Waals surface area contributed by atoms with Crippen LogP contribution in [0.15, 0.2) is 12.3 Å². The van der Waals surface area contributed by atoms with Gasteiger partial charge in [0.05, 0.1) is 5.84 Å². The number of nitrogens with zero attached hydrogens (tertiary/aromatic N) is 3. The maximum absolute atomic E-state index is 7.49. The molecule has 5 heteroatoms. The average molecular weight is 219 g/mol. The minimum absolute atomic E-state index is 0.151. The summed E-state index contributed by atoms with van der Waals surface area (Å²) in [6.07, 6.45) is 3.81. The standard InChI is InChI=1S/C11H17N5/c1-8-4-5-14-11(15-8)16-6-2-3-9(7-16)10(12)13/h4-5,9H,2-3,6-7H2,1H3,(H3,12,13). The smallest absolute Gasteiger partial charge is 0.225 e. The van der Waals surface area contributed by atoms with Gasteiger partial charge in [-0.05, 0) is 25.8 Å². The Kier molecular flexibility index (Phi) is 3.03. The normalized spacial score (nSPS) is 20.8. The molecule has 1 aliphatic heterocycles.